The average Bonchev–Trinajstić information content (AvgIpc) is 2.75. The number of ether oxygens (including phenoxy) is 2. The fourth-order valence-corrected chi connectivity index (χ4v) is 3.35. The van der Waals surface area contributed by atoms with Crippen molar-refractivity contribution in [3.05, 3.63) is 53.9 Å². The van der Waals surface area contributed by atoms with Gasteiger partial charge in [-0.2, -0.15) is 0 Å². The van der Waals surface area contributed by atoms with Crippen LogP contribution in [0.3, 0.4) is 0 Å². The molecule has 0 aliphatic carbocycles. The van der Waals surface area contributed by atoms with Crippen LogP contribution >= 0.6 is 0 Å². The minimum atomic E-state index is -0.0586. The van der Waals surface area contributed by atoms with Crippen LogP contribution in [-0.4, -0.2) is 53.7 Å². The lowest BCUT2D eigenvalue weighted by Crippen LogP contribution is -2.41. The highest BCUT2D eigenvalue weighted by Gasteiger charge is 2.23. The van der Waals surface area contributed by atoms with E-state index in [9.17, 15) is 4.79 Å². The zero-order valence-electron chi connectivity index (χ0n) is 16.6. The third-order valence-electron chi connectivity index (χ3n) is 4.83. The minimum absolute atomic E-state index is 0.0586. The van der Waals surface area contributed by atoms with Gasteiger partial charge in [0.25, 0.3) is 5.91 Å². The lowest BCUT2D eigenvalue weighted by atomic mass is 10.1. The van der Waals surface area contributed by atoms with Gasteiger partial charge < -0.3 is 19.7 Å². The highest BCUT2D eigenvalue weighted by molar-refractivity contribution is 6.07. The van der Waals surface area contributed by atoms with Gasteiger partial charge in [-0.05, 0) is 50.2 Å². The number of rotatable bonds is 5. The zero-order chi connectivity index (χ0) is 20.2. The number of aromatic nitrogens is 2. The molecule has 7 nitrogen and oxygen atoms in total. The summed E-state index contributed by atoms with van der Waals surface area (Å²) in [6.45, 7) is 6.74. The molecule has 29 heavy (non-hydrogen) atoms. The standard InChI is InChI=1S/C22H24N4O3/c1-3-29-17-7-5-16(6-8-17)25-20-18-9-4-15(2)24-21(18)23-14-19(20)22(27)26-10-12-28-13-11-26/h4-9,14H,3,10-13H2,1-2H3,(H,23,24,25). The van der Waals surface area contributed by atoms with Crippen LogP contribution in [0.1, 0.15) is 23.0 Å². The molecule has 0 bridgehead atoms. The van der Waals surface area contributed by atoms with Crippen molar-refractivity contribution < 1.29 is 14.3 Å². The third-order valence-corrected chi connectivity index (χ3v) is 4.83. The van der Waals surface area contributed by atoms with Gasteiger partial charge in [-0.15, -0.1) is 0 Å². The van der Waals surface area contributed by atoms with Crippen molar-refractivity contribution >= 4 is 28.3 Å². The summed E-state index contributed by atoms with van der Waals surface area (Å²) < 4.78 is 10.9. The van der Waals surface area contributed by atoms with Crippen LogP contribution in [0, 0.1) is 6.92 Å². The molecule has 1 saturated heterocycles. The zero-order valence-corrected chi connectivity index (χ0v) is 16.6. The highest BCUT2D eigenvalue weighted by atomic mass is 16.5. The number of nitrogens with zero attached hydrogens (tertiary/aromatic N) is 3. The van der Waals surface area contributed by atoms with Crippen LogP contribution < -0.4 is 10.1 Å². The van der Waals surface area contributed by atoms with E-state index in [4.69, 9.17) is 9.47 Å². The van der Waals surface area contributed by atoms with E-state index in [1.165, 1.54) is 0 Å². The number of nitrogens with one attached hydrogen (secondary N) is 1. The van der Waals surface area contributed by atoms with E-state index in [0.717, 1.165) is 22.5 Å². The van der Waals surface area contributed by atoms with Gasteiger partial charge in [-0.3, -0.25) is 4.79 Å². The van der Waals surface area contributed by atoms with E-state index in [1.54, 1.807) is 11.1 Å². The summed E-state index contributed by atoms with van der Waals surface area (Å²) in [7, 11) is 0. The number of amides is 1. The Balaban J connectivity index is 1.74. The summed E-state index contributed by atoms with van der Waals surface area (Å²) in [5, 5.41) is 4.22. The number of pyridine rings is 2. The Hall–Kier alpha value is -3.19. The SMILES string of the molecule is CCOc1ccc(Nc2c(C(=O)N3CCOCC3)cnc3nc(C)ccc23)cc1. The van der Waals surface area contributed by atoms with Crippen molar-refractivity contribution in [2.45, 2.75) is 13.8 Å². The van der Waals surface area contributed by atoms with Gasteiger partial charge >= 0.3 is 0 Å². The van der Waals surface area contributed by atoms with Crippen molar-refractivity contribution in [3.8, 4) is 5.75 Å². The average molecular weight is 392 g/mol. The van der Waals surface area contributed by atoms with E-state index < -0.39 is 0 Å². The summed E-state index contributed by atoms with van der Waals surface area (Å²) in [5.74, 6) is 0.747. The first-order chi connectivity index (χ1) is 14.2. The molecule has 0 unspecified atom stereocenters. The second-order valence-electron chi connectivity index (χ2n) is 6.86. The number of carbonyl (C=O) groups is 1. The lowest BCUT2D eigenvalue weighted by molar-refractivity contribution is 0.0303. The Kier molecular flexibility index (Phi) is 5.57. The molecule has 3 heterocycles. The number of aryl methyl sites for hydroxylation is 1. The van der Waals surface area contributed by atoms with Crippen molar-refractivity contribution in [2.75, 3.05) is 38.2 Å². The Morgan fingerprint density at radius 1 is 1.17 bits per heavy atom. The Labute approximate surface area is 169 Å². The maximum Gasteiger partial charge on any atom is 0.257 e. The molecule has 0 radical (unpaired) electrons. The van der Waals surface area contributed by atoms with Gasteiger partial charge in [0, 0.05) is 36.1 Å². The first-order valence-electron chi connectivity index (χ1n) is 9.79. The molecule has 7 heteroatoms. The maximum absolute atomic E-state index is 13.2. The summed E-state index contributed by atoms with van der Waals surface area (Å²) in [4.78, 5) is 24.0. The molecule has 2 aromatic heterocycles. The predicted molar refractivity (Wildman–Crippen MR) is 112 cm³/mol. The molecule has 1 fully saturated rings. The number of morpholine rings is 1. The molecule has 0 atom stereocenters. The van der Waals surface area contributed by atoms with Gasteiger partial charge in [0.15, 0.2) is 5.65 Å². The molecule has 1 aliphatic rings. The molecule has 0 spiro atoms. The van der Waals surface area contributed by atoms with E-state index in [0.29, 0.717) is 49.8 Å². The predicted octanol–water partition coefficient (Wildman–Crippen LogP) is 3.55. The molecular weight excluding hydrogens is 368 g/mol. The molecule has 1 aromatic carbocycles. The first kappa shape index (κ1) is 19.1. The van der Waals surface area contributed by atoms with Crippen LogP contribution in [0.4, 0.5) is 11.4 Å². The van der Waals surface area contributed by atoms with Gasteiger partial charge in [0.05, 0.1) is 31.1 Å². The van der Waals surface area contributed by atoms with Gasteiger partial charge in [-0.1, -0.05) is 0 Å². The van der Waals surface area contributed by atoms with Gasteiger partial charge in [0.2, 0.25) is 0 Å². The third kappa shape index (κ3) is 4.14. The second kappa shape index (κ2) is 8.45. The Morgan fingerprint density at radius 3 is 2.66 bits per heavy atom. The Bertz CT molecular complexity index is 1010. The van der Waals surface area contributed by atoms with E-state index >= 15 is 0 Å². The number of anilines is 2. The molecule has 3 aromatic rings. The van der Waals surface area contributed by atoms with Gasteiger partial charge in [0.1, 0.15) is 5.75 Å². The summed E-state index contributed by atoms with van der Waals surface area (Å²) in [6, 6.07) is 11.6. The monoisotopic (exact) mass is 392 g/mol. The molecule has 1 amide bonds. The molecule has 150 valence electrons. The molecular formula is C22H24N4O3. The Morgan fingerprint density at radius 2 is 1.93 bits per heavy atom. The number of hydrogen-bond donors (Lipinski definition) is 1. The molecule has 1 aliphatic heterocycles. The van der Waals surface area contributed by atoms with E-state index in [2.05, 4.69) is 15.3 Å². The number of hydrogen-bond acceptors (Lipinski definition) is 6. The van der Waals surface area contributed by atoms with Crippen LogP contribution in [-0.2, 0) is 4.74 Å². The molecule has 1 N–H and O–H groups in total. The molecule has 4 rings (SSSR count). The van der Waals surface area contributed by atoms with Crippen molar-refractivity contribution in [3.63, 3.8) is 0 Å². The number of fused-ring (bicyclic) bond motifs is 1. The van der Waals surface area contributed by atoms with Crippen molar-refractivity contribution in [2.24, 2.45) is 0 Å². The topological polar surface area (TPSA) is 76.6 Å². The second-order valence-corrected chi connectivity index (χ2v) is 6.86. The first-order valence-corrected chi connectivity index (χ1v) is 9.79. The smallest absolute Gasteiger partial charge is 0.257 e. The van der Waals surface area contributed by atoms with Crippen molar-refractivity contribution in [1.29, 1.82) is 0 Å². The fourth-order valence-electron chi connectivity index (χ4n) is 3.35. The maximum atomic E-state index is 13.2. The summed E-state index contributed by atoms with van der Waals surface area (Å²) in [6.07, 6.45) is 1.61. The van der Waals surface area contributed by atoms with E-state index in [-0.39, 0.29) is 5.91 Å². The van der Waals surface area contributed by atoms with Crippen LogP contribution in [0.15, 0.2) is 42.6 Å². The van der Waals surface area contributed by atoms with Crippen LogP contribution in [0.2, 0.25) is 0 Å². The van der Waals surface area contributed by atoms with Crippen LogP contribution in [0.25, 0.3) is 11.0 Å². The number of benzene rings is 1. The summed E-state index contributed by atoms with van der Waals surface area (Å²) >= 11 is 0. The fraction of sp³-hybridized carbons (Fsp3) is 0.318. The van der Waals surface area contributed by atoms with Crippen LogP contribution in [0.5, 0.6) is 5.75 Å². The van der Waals surface area contributed by atoms with Crippen molar-refractivity contribution in [1.82, 2.24) is 14.9 Å². The van der Waals surface area contributed by atoms with E-state index in [1.807, 2.05) is 50.2 Å². The molecule has 0 saturated carbocycles. The normalized spacial score (nSPS) is 14.1. The lowest BCUT2D eigenvalue weighted by Gasteiger charge is -2.27. The summed E-state index contributed by atoms with van der Waals surface area (Å²) in [5.41, 5.74) is 3.58. The number of carbonyl (C=O) groups excluding carboxylic acids is 1. The highest BCUT2D eigenvalue weighted by Crippen LogP contribution is 2.30. The quantitative estimate of drug-likeness (QED) is 0.716. The largest absolute Gasteiger partial charge is 0.494 e. The van der Waals surface area contributed by atoms with Gasteiger partial charge in [-0.25, -0.2) is 9.97 Å². The minimum Gasteiger partial charge on any atom is -0.494 e.